The van der Waals surface area contributed by atoms with Crippen LogP contribution in [0, 0.1) is 0 Å². The summed E-state index contributed by atoms with van der Waals surface area (Å²) in [7, 11) is 4.93. The van der Waals surface area contributed by atoms with Gasteiger partial charge in [-0.3, -0.25) is 18.6 Å². The van der Waals surface area contributed by atoms with Crippen molar-refractivity contribution in [3.8, 4) is 11.4 Å². The maximum atomic E-state index is 13.3. The normalized spacial score (nSPS) is 18.6. The SMILES string of the molecule is Cn1ccc(-c2c3c(=O)n(C)c(=O)n(C)c3c3n2C[C@@H](CO)S[C@@H]3c2ccc(Cl)o2)n1. The molecule has 0 fully saturated rings. The third-order valence-electron chi connectivity index (χ3n) is 5.68. The van der Waals surface area contributed by atoms with Crippen LogP contribution in [0.4, 0.5) is 0 Å². The summed E-state index contributed by atoms with van der Waals surface area (Å²) in [6.45, 7) is 0.404. The molecule has 9 nitrogen and oxygen atoms in total. The van der Waals surface area contributed by atoms with Crippen LogP contribution in [0.3, 0.4) is 0 Å². The molecule has 5 rings (SSSR count). The van der Waals surface area contributed by atoms with Crippen LogP contribution in [0.15, 0.2) is 38.4 Å². The van der Waals surface area contributed by atoms with Gasteiger partial charge in [-0.25, -0.2) is 4.79 Å². The summed E-state index contributed by atoms with van der Waals surface area (Å²) in [5, 5.41) is 14.7. The Morgan fingerprint density at radius 3 is 2.61 bits per heavy atom. The van der Waals surface area contributed by atoms with Crippen molar-refractivity contribution in [1.29, 1.82) is 0 Å². The maximum Gasteiger partial charge on any atom is 0.331 e. The fourth-order valence-electron chi connectivity index (χ4n) is 4.28. The third-order valence-corrected chi connectivity index (χ3v) is 7.29. The summed E-state index contributed by atoms with van der Waals surface area (Å²) < 4.78 is 12.0. The van der Waals surface area contributed by atoms with E-state index in [-0.39, 0.29) is 27.9 Å². The molecule has 0 unspecified atom stereocenters. The number of fused-ring (bicyclic) bond motifs is 3. The van der Waals surface area contributed by atoms with Crippen molar-refractivity contribution in [3.05, 3.63) is 61.9 Å². The van der Waals surface area contributed by atoms with Crippen LogP contribution in [0.2, 0.25) is 5.22 Å². The number of aliphatic hydroxyl groups is 1. The Balaban J connectivity index is 1.96. The summed E-state index contributed by atoms with van der Waals surface area (Å²) in [5.74, 6) is 0.592. The summed E-state index contributed by atoms with van der Waals surface area (Å²) in [4.78, 5) is 26.1. The monoisotopic (exact) mass is 461 g/mol. The number of nitrogens with zero attached hydrogens (tertiary/aromatic N) is 5. The summed E-state index contributed by atoms with van der Waals surface area (Å²) in [5.41, 5.74) is 1.74. The maximum absolute atomic E-state index is 13.3. The van der Waals surface area contributed by atoms with E-state index >= 15 is 0 Å². The van der Waals surface area contributed by atoms with E-state index in [0.29, 0.717) is 34.6 Å². The van der Waals surface area contributed by atoms with Gasteiger partial charge in [-0.2, -0.15) is 5.10 Å². The Morgan fingerprint density at radius 2 is 2.00 bits per heavy atom. The molecule has 0 aliphatic carbocycles. The van der Waals surface area contributed by atoms with Gasteiger partial charge in [0.15, 0.2) is 5.22 Å². The second kappa shape index (κ2) is 7.18. The fourth-order valence-corrected chi connectivity index (χ4v) is 5.77. The zero-order chi connectivity index (χ0) is 22.0. The molecule has 2 atom stereocenters. The number of aryl methyl sites for hydroxylation is 2. The van der Waals surface area contributed by atoms with Gasteiger partial charge in [-0.05, 0) is 29.8 Å². The highest BCUT2D eigenvalue weighted by Crippen LogP contribution is 2.48. The number of furan rings is 1. The topological polar surface area (TPSA) is 100 Å². The predicted molar refractivity (Wildman–Crippen MR) is 119 cm³/mol. The van der Waals surface area contributed by atoms with E-state index in [1.807, 2.05) is 10.6 Å². The molecule has 4 aromatic rings. The molecule has 4 aromatic heterocycles. The molecule has 0 radical (unpaired) electrons. The van der Waals surface area contributed by atoms with Gasteiger partial charge in [0.1, 0.15) is 16.7 Å². The number of halogens is 1. The highest BCUT2D eigenvalue weighted by atomic mass is 35.5. The number of rotatable bonds is 3. The molecular formula is C20H20ClN5O4S. The predicted octanol–water partition coefficient (Wildman–Crippen LogP) is 1.88. The first-order chi connectivity index (χ1) is 14.8. The molecule has 11 heteroatoms. The van der Waals surface area contributed by atoms with Gasteiger partial charge < -0.3 is 14.1 Å². The van der Waals surface area contributed by atoms with Crippen molar-refractivity contribution in [2.45, 2.75) is 17.0 Å². The van der Waals surface area contributed by atoms with Crippen LogP contribution in [0.1, 0.15) is 16.7 Å². The minimum absolute atomic E-state index is 0.0534. The van der Waals surface area contributed by atoms with E-state index in [4.69, 9.17) is 16.0 Å². The lowest BCUT2D eigenvalue weighted by Gasteiger charge is -2.30. The third kappa shape index (κ3) is 2.93. The average Bonchev–Trinajstić information content (AvgIpc) is 3.46. The molecule has 0 aromatic carbocycles. The second-order valence-electron chi connectivity index (χ2n) is 7.61. The van der Waals surface area contributed by atoms with Gasteiger partial charge >= 0.3 is 5.69 Å². The number of aliphatic hydroxyl groups excluding tert-OH is 1. The van der Waals surface area contributed by atoms with E-state index in [2.05, 4.69) is 5.10 Å². The Hall–Kier alpha value is -2.69. The Morgan fingerprint density at radius 1 is 1.23 bits per heavy atom. The van der Waals surface area contributed by atoms with Gasteiger partial charge in [0, 0.05) is 39.1 Å². The molecule has 31 heavy (non-hydrogen) atoms. The summed E-state index contributed by atoms with van der Waals surface area (Å²) in [6.07, 6.45) is 1.80. The fraction of sp³-hybridized carbons (Fsp3) is 0.350. The van der Waals surface area contributed by atoms with Crippen molar-refractivity contribution < 1.29 is 9.52 Å². The molecule has 162 valence electrons. The van der Waals surface area contributed by atoms with Crippen molar-refractivity contribution >= 4 is 34.3 Å². The molecule has 0 saturated heterocycles. The van der Waals surface area contributed by atoms with E-state index in [1.54, 1.807) is 37.1 Å². The molecule has 0 bridgehead atoms. The van der Waals surface area contributed by atoms with Crippen LogP contribution in [-0.4, -0.2) is 40.4 Å². The zero-order valence-electron chi connectivity index (χ0n) is 17.1. The molecule has 0 saturated carbocycles. The number of hydrogen-bond donors (Lipinski definition) is 1. The lowest BCUT2D eigenvalue weighted by molar-refractivity contribution is 0.283. The highest BCUT2D eigenvalue weighted by Gasteiger charge is 2.38. The van der Waals surface area contributed by atoms with Gasteiger partial charge in [0.05, 0.1) is 28.9 Å². The summed E-state index contributed by atoms with van der Waals surface area (Å²) >= 11 is 7.57. The van der Waals surface area contributed by atoms with E-state index in [9.17, 15) is 14.7 Å². The van der Waals surface area contributed by atoms with Crippen molar-refractivity contribution in [1.82, 2.24) is 23.5 Å². The van der Waals surface area contributed by atoms with Gasteiger partial charge in [0.25, 0.3) is 5.56 Å². The van der Waals surface area contributed by atoms with Crippen LogP contribution < -0.4 is 11.2 Å². The number of hydrogen-bond acceptors (Lipinski definition) is 6. The minimum atomic E-state index is -0.413. The van der Waals surface area contributed by atoms with E-state index in [1.165, 1.54) is 23.4 Å². The van der Waals surface area contributed by atoms with E-state index < -0.39 is 5.69 Å². The quantitative estimate of drug-likeness (QED) is 0.500. The van der Waals surface area contributed by atoms with Gasteiger partial charge in [0.2, 0.25) is 0 Å². The minimum Gasteiger partial charge on any atom is -0.448 e. The first-order valence-electron chi connectivity index (χ1n) is 9.65. The molecule has 5 heterocycles. The molecule has 1 N–H and O–H groups in total. The zero-order valence-corrected chi connectivity index (χ0v) is 18.6. The van der Waals surface area contributed by atoms with Crippen LogP contribution in [-0.2, 0) is 27.7 Å². The van der Waals surface area contributed by atoms with Crippen LogP contribution >= 0.6 is 23.4 Å². The van der Waals surface area contributed by atoms with Crippen LogP contribution in [0.25, 0.3) is 22.3 Å². The molecule has 1 aliphatic rings. The van der Waals surface area contributed by atoms with Gasteiger partial charge in [-0.1, -0.05) is 0 Å². The highest BCUT2D eigenvalue weighted by molar-refractivity contribution is 8.00. The van der Waals surface area contributed by atoms with Gasteiger partial charge in [-0.15, -0.1) is 11.8 Å². The lowest BCUT2D eigenvalue weighted by Crippen LogP contribution is -2.37. The van der Waals surface area contributed by atoms with E-state index in [0.717, 1.165) is 10.3 Å². The second-order valence-corrected chi connectivity index (χ2v) is 9.39. The van der Waals surface area contributed by atoms with Crippen LogP contribution in [0.5, 0.6) is 0 Å². The molecular weight excluding hydrogens is 442 g/mol. The smallest absolute Gasteiger partial charge is 0.331 e. The van der Waals surface area contributed by atoms with Crippen molar-refractivity contribution in [2.24, 2.45) is 21.1 Å². The van der Waals surface area contributed by atoms with Crippen molar-refractivity contribution in [3.63, 3.8) is 0 Å². The summed E-state index contributed by atoms with van der Waals surface area (Å²) in [6, 6.07) is 5.27. The average molecular weight is 462 g/mol. The largest absolute Gasteiger partial charge is 0.448 e. The Bertz CT molecular complexity index is 1440. The Labute approximate surface area is 185 Å². The first kappa shape index (κ1) is 20.2. The Kier molecular flexibility index (Phi) is 4.68. The van der Waals surface area contributed by atoms with Crippen molar-refractivity contribution in [2.75, 3.05) is 6.61 Å². The molecule has 0 spiro atoms. The number of thioether (sulfide) groups is 1. The molecule has 0 amide bonds. The standard InChI is InChI=1S/C20H20ClN5O4S/c1-23-7-6-11(22-23)15-14-16(24(2)20(29)25(3)19(14)28)17-18(12-4-5-13(21)30-12)31-10(9-27)8-26(15)17/h4-7,10,18,27H,8-9H2,1-3H3/t10-,18+/m0/s1. The first-order valence-corrected chi connectivity index (χ1v) is 11.0. The number of aromatic nitrogens is 5. The lowest BCUT2D eigenvalue weighted by atomic mass is 10.2. The molecule has 1 aliphatic heterocycles.